The van der Waals surface area contributed by atoms with Gasteiger partial charge in [-0.15, -0.1) is 0 Å². The van der Waals surface area contributed by atoms with E-state index in [1.165, 1.54) is 0 Å². The van der Waals surface area contributed by atoms with Crippen molar-refractivity contribution in [3.05, 3.63) is 10.6 Å². The molecule has 0 aliphatic carbocycles. The molecule has 3 atom stereocenters. The molecule has 0 aromatic rings. The van der Waals surface area contributed by atoms with E-state index >= 15 is 0 Å². The fourth-order valence-electron chi connectivity index (χ4n) is 1.40. The molecule has 0 aromatic carbocycles. The quantitative estimate of drug-likeness (QED) is 0.331. The third-order valence-electron chi connectivity index (χ3n) is 2.81. The van der Waals surface area contributed by atoms with E-state index in [1.54, 1.807) is 27.2 Å². The molecular formula is C15H29BrO7. The first-order chi connectivity index (χ1) is 11.0. The molecule has 7 nitrogen and oxygen atoms in total. The maximum atomic E-state index is 10.2. The Morgan fingerprint density at radius 2 is 1.48 bits per heavy atom. The summed E-state index contributed by atoms with van der Waals surface area (Å²) in [6.07, 6.45) is 0.317. The molecule has 0 spiro atoms. The van der Waals surface area contributed by atoms with Gasteiger partial charge in [-0.25, -0.2) is 0 Å². The minimum absolute atomic E-state index is 0.0985. The van der Waals surface area contributed by atoms with Gasteiger partial charge in [-0.05, 0) is 19.9 Å². The molecule has 0 radical (unpaired) electrons. The third-order valence-corrected chi connectivity index (χ3v) is 3.55. The van der Waals surface area contributed by atoms with E-state index < -0.39 is 12.2 Å². The molecule has 0 bridgehead atoms. The minimum atomic E-state index is -0.804. The number of halogens is 1. The number of hydrogen-bond acceptors (Lipinski definition) is 7. The summed E-state index contributed by atoms with van der Waals surface area (Å²) < 4.78 is 31.6. The molecule has 0 fully saturated rings. The molecule has 0 aliphatic rings. The van der Waals surface area contributed by atoms with E-state index in [2.05, 4.69) is 15.9 Å². The summed E-state index contributed by atoms with van der Waals surface area (Å²) >= 11 is 3.34. The first-order valence-electron chi connectivity index (χ1n) is 7.44. The molecule has 0 rings (SSSR count). The maximum absolute atomic E-state index is 10.2. The van der Waals surface area contributed by atoms with E-state index in [4.69, 9.17) is 28.4 Å². The van der Waals surface area contributed by atoms with Crippen molar-refractivity contribution in [2.75, 3.05) is 54.2 Å². The smallest absolute Gasteiger partial charge is 0.147 e. The zero-order valence-corrected chi connectivity index (χ0v) is 15.9. The van der Waals surface area contributed by atoms with Crippen LogP contribution >= 0.6 is 15.9 Å². The van der Waals surface area contributed by atoms with Crippen LogP contribution in [0.25, 0.3) is 0 Å². The fraction of sp³-hybridized carbons (Fsp3) is 0.867. The molecular weight excluding hydrogens is 372 g/mol. The fourth-order valence-corrected chi connectivity index (χ4v) is 2.14. The zero-order chi connectivity index (χ0) is 17.5. The Balaban J connectivity index is 3.96. The summed E-state index contributed by atoms with van der Waals surface area (Å²) in [5.41, 5.74) is 0. The highest BCUT2D eigenvalue weighted by atomic mass is 79.9. The molecule has 138 valence electrons. The lowest BCUT2D eigenvalue weighted by atomic mass is 10.2. The van der Waals surface area contributed by atoms with E-state index in [9.17, 15) is 5.11 Å². The Morgan fingerprint density at radius 1 is 0.957 bits per heavy atom. The van der Waals surface area contributed by atoms with Crippen LogP contribution < -0.4 is 0 Å². The van der Waals surface area contributed by atoms with Crippen LogP contribution in [-0.4, -0.2) is 77.7 Å². The van der Waals surface area contributed by atoms with Gasteiger partial charge in [-0.3, -0.25) is 0 Å². The molecule has 0 aromatic heterocycles. The van der Waals surface area contributed by atoms with Gasteiger partial charge in [0, 0.05) is 18.7 Å². The van der Waals surface area contributed by atoms with Crippen molar-refractivity contribution >= 4 is 15.9 Å². The van der Waals surface area contributed by atoms with E-state index in [0.29, 0.717) is 30.9 Å². The summed E-state index contributed by atoms with van der Waals surface area (Å²) in [5, 5.41) is 10.2. The topological polar surface area (TPSA) is 75.6 Å². The monoisotopic (exact) mass is 400 g/mol. The summed E-state index contributed by atoms with van der Waals surface area (Å²) in [6.45, 7) is 5.83. The largest absolute Gasteiger partial charge is 0.385 e. The predicted molar refractivity (Wildman–Crippen MR) is 89.5 cm³/mol. The first kappa shape index (κ1) is 22.9. The predicted octanol–water partition coefficient (Wildman–Crippen LogP) is 1.68. The molecule has 1 N–H and O–H groups in total. The van der Waals surface area contributed by atoms with Gasteiger partial charge in [0.15, 0.2) is 0 Å². The van der Waals surface area contributed by atoms with Gasteiger partial charge in [-0.1, -0.05) is 15.9 Å². The van der Waals surface area contributed by atoms with Crippen molar-refractivity contribution in [1.82, 2.24) is 0 Å². The second-order valence-electron chi connectivity index (χ2n) is 4.78. The van der Waals surface area contributed by atoms with Crippen LogP contribution in [0.1, 0.15) is 13.8 Å². The zero-order valence-electron chi connectivity index (χ0n) is 14.3. The number of hydrogen-bond donors (Lipinski definition) is 1. The lowest BCUT2D eigenvalue weighted by Gasteiger charge is -2.20. The molecule has 0 unspecified atom stereocenters. The number of rotatable bonds is 15. The molecule has 0 saturated heterocycles. The summed E-state index contributed by atoms with van der Waals surface area (Å²) in [7, 11) is 3.21. The molecule has 8 heteroatoms. The average molecular weight is 401 g/mol. The van der Waals surface area contributed by atoms with E-state index in [0.717, 1.165) is 0 Å². The van der Waals surface area contributed by atoms with Crippen molar-refractivity contribution in [3.8, 4) is 0 Å². The van der Waals surface area contributed by atoms with Crippen LogP contribution in [0.15, 0.2) is 10.6 Å². The van der Waals surface area contributed by atoms with Crippen LogP contribution in [-0.2, 0) is 28.4 Å². The Morgan fingerprint density at radius 3 is 2.00 bits per heavy atom. The lowest BCUT2D eigenvalue weighted by Crippen LogP contribution is -2.28. The summed E-state index contributed by atoms with van der Waals surface area (Å²) in [4.78, 5) is 0. The number of aliphatic hydroxyl groups is 1. The molecule has 23 heavy (non-hydrogen) atoms. The Bertz CT molecular complexity index is 302. The van der Waals surface area contributed by atoms with Crippen LogP contribution in [0.4, 0.5) is 0 Å². The first-order valence-corrected chi connectivity index (χ1v) is 8.24. The lowest BCUT2D eigenvalue weighted by molar-refractivity contribution is -0.115. The van der Waals surface area contributed by atoms with Crippen LogP contribution in [0.2, 0.25) is 0 Å². The van der Waals surface area contributed by atoms with Crippen molar-refractivity contribution in [3.63, 3.8) is 0 Å². The van der Waals surface area contributed by atoms with Crippen molar-refractivity contribution < 1.29 is 33.5 Å². The minimum Gasteiger partial charge on any atom is -0.385 e. The Kier molecular flexibility index (Phi) is 15.4. The van der Waals surface area contributed by atoms with Gasteiger partial charge < -0.3 is 33.5 Å². The van der Waals surface area contributed by atoms with Gasteiger partial charge in [0.05, 0.1) is 38.6 Å². The molecule has 0 aliphatic heterocycles. The van der Waals surface area contributed by atoms with Crippen LogP contribution in [0.3, 0.4) is 0 Å². The second-order valence-corrected chi connectivity index (χ2v) is 5.69. The highest BCUT2D eigenvalue weighted by molar-refractivity contribution is 9.11. The highest BCUT2D eigenvalue weighted by Crippen LogP contribution is 2.17. The van der Waals surface area contributed by atoms with Crippen molar-refractivity contribution in [2.45, 2.75) is 32.2 Å². The molecule has 0 amide bonds. The highest BCUT2D eigenvalue weighted by Gasteiger charge is 2.18. The third kappa shape index (κ3) is 13.0. The van der Waals surface area contributed by atoms with Crippen molar-refractivity contribution in [1.29, 1.82) is 0 Å². The number of methoxy groups -OCH3 is 2. The van der Waals surface area contributed by atoms with Gasteiger partial charge >= 0.3 is 0 Å². The SMILES string of the molecule is COCCOCO[C@@H](C)[C@H](O)/C(Br)=C\[C@H](C)OCOCCOC. The Labute approximate surface area is 147 Å². The molecule has 0 heterocycles. The van der Waals surface area contributed by atoms with Gasteiger partial charge in [0.1, 0.15) is 19.7 Å². The average Bonchev–Trinajstić information content (AvgIpc) is 2.53. The molecule has 0 saturated carbocycles. The van der Waals surface area contributed by atoms with Crippen LogP contribution in [0, 0.1) is 0 Å². The van der Waals surface area contributed by atoms with Crippen molar-refractivity contribution in [2.24, 2.45) is 0 Å². The van der Waals surface area contributed by atoms with Gasteiger partial charge in [-0.2, -0.15) is 0 Å². The van der Waals surface area contributed by atoms with E-state index in [-0.39, 0.29) is 19.7 Å². The second kappa shape index (κ2) is 15.5. The number of aliphatic hydroxyl groups excluding tert-OH is 1. The Hall–Kier alpha value is -0.0600. The standard InChI is InChI=1S/C15H29BrO7/c1-12(22-10-20-7-5-18-3)9-14(16)15(17)13(2)23-11-21-8-6-19-4/h9,12-13,15,17H,5-8,10-11H2,1-4H3/b14-9+/t12-,13-,15-/m0/s1. The van der Waals surface area contributed by atoms with E-state index in [1.807, 2.05) is 6.92 Å². The number of ether oxygens (including phenoxy) is 6. The van der Waals surface area contributed by atoms with Gasteiger partial charge in [0.2, 0.25) is 0 Å². The summed E-state index contributed by atoms with van der Waals surface area (Å²) in [6, 6.07) is 0. The van der Waals surface area contributed by atoms with Crippen LogP contribution in [0.5, 0.6) is 0 Å². The van der Waals surface area contributed by atoms with Gasteiger partial charge in [0.25, 0.3) is 0 Å². The normalized spacial score (nSPS) is 16.3. The summed E-state index contributed by atoms with van der Waals surface area (Å²) in [5.74, 6) is 0. The maximum Gasteiger partial charge on any atom is 0.147 e.